The Morgan fingerprint density at radius 3 is 2.69 bits per heavy atom. The summed E-state index contributed by atoms with van der Waals surface area (Å²) in [5.74, 6) is -0.573. The molecule has 2 aromatic rings. The first-order chi connectivity index (χ1) is 17.0. The topological polar surface area (TPSA) is 207 Å². The molecule has 1 saturated heterocycles. The van der Waals surface area contributed by atoms with Gasteiger partial charge in [-0.1, -0.05) is 23.3 Å². The Hall–Kier alpha value is -3.45. The molecule has 0 aliphatic carbocycles. The van der Waals surface area contributed by atoms with Crippen LogP contribution in [0.4, 0.5) is 0 Å². The molecule has 1 aliphatic heterocycles. The van der Waals surface area contributed by atoms with Gasteiger partial charge in [-0.25, -0.2) is 9.36 Å². The van der Waals surface area contributed by atoms with Crippen LogP contribution in [0.3, 0.4) is 0 Å². The molecule has 1 aliphatic rings. The number of nitrogens with one attached hydrogen (secondary N) is 2. The highest BCUT2D eigenvalue weighted by Gasteiger charge is 2.54. The van der Waals surface area contributed by atoms with Crippen LogP contribution >= 0.6 is 7.75 Å². The van der Waals surface area contributed by atoms with E-state index in [1.165, 1.54) is 26.0 Å². The largest absolute Gasteiger partial charge is 0.468 e. The maximum Gasteiger partial charge on any atom is 0.459 e. The lowest BCUT2D eigenvalue weighted by Crippen LogP contribution is -2.45. The third-order valence-corrected chi connectivity index (χ3v) is 7.05. The lowest BCUT2D eigenvalue weighted by molar-refractivity contribution is -0.142. The summed E-state index contributed by atoms with van der Waals surface area (Å²) >= 11 is 0. The second-order valence-electron chi connectivity index (χ2n) is 7.98. The highest BCUT2D eigenvalue weighted by Crippen LogP contribution is 2.47. The van der Waals surface area contributed by atoms with Gasteiger partial charge < -0.3 is 19.1 Å². The molecular formula is C20H25N6O9P. The van der Waals surface area contributed by atoms with Crippen molar-refractivity contribution in [2.75, 3.05) is 13.7 Å². The summed E-state index contributed by atoms with van der Waals surface area (Å²) in [5.41, 5.74) is 5.82. The lowest BCUT2D eigenvalue weighted by Gasteiger charge is -2.28. The van der Waals surface area contributed by atoms with Crippen LogP contribution < -0.4 is 20.9 Å². The van der Waals surface area contributed by atoms with E-state index in [9.17, 15) is 24.1 Å². The molecule has 0 radical (unpaired) electrons. The van der Waals surface area contributed by atoms with Gasteiger partial charge in [0.25, 0.3) is 5.56 Å². The molecule has 0 bridgehead atoms. The van der Waals surface area contributed by atoms with Crippen LogP contribution in [0, 0.1) is 0 Å². The number of aromatic nitrogens is 2. The second-order valence-corrected chi connectivity index (χ2v) is 9.67. The SMILES string of the molecule is COC(=O)[C@H](C)N[P@](=O)(OC[C@H]1O[C@@H](n2ccc(=O)[nH]c2=O)[C@](C)(N=[N+]=[N-])[C@@H]1O)Oc1ccccc1. The molecule has 0 saturated carbocycles. The zero-order chi connectivity index (χ0) is 26.5. The number of carbonyl (C=O) groups is 1. The summed E-state index contributed by atoms with van der Waals surface area (Å²) in [6.07, 6.45) is -3.04. The Kier molecular flexibility index (Phi) is 8.35. The summed E-state index contributed by atoms with van der Waals surface area (Å²) in [4.78, 5) is 40.5. The number of azide groups is 1. The molecule has 16 heteroatoms. The summed E-state index contributed by atoms with van der Waals surface area (Å²) in [6, 6.07) is 7.95. The first kappa shape index (κ1) is 27.1. The Morgan fingerprint density at radius 1 is 1.39 bits per heavy atom. The fourth-order valence-corrected chi connectivity index (χ4v) is 5.05. The van der Waals surface area contributed by atoms with Crippen molar-refractivity contribution in [2.24, 2.45) is 5.11 Å². The third-order valence-electron chi connectivity index (χ3n) is 5.40. The zero-order valence-electron chi connectivity index (χ0n) is 19.5. The molecular weight excluding hydrogens is 499 g/mol. The summed E-state index contributed by atoms with van der Waals surface area (Å²) < 4.78 is 35.9. The monoisotopic (exact) mass is 524 g/mol. The standard InChI is InChI=1S/C20H25N6O9P/c1-12(17(29)32-3)23-36(31,35-13-7-5-4-6-8-13)33-11-14-16(28)20(2,24-25-21)18(34-14)26-10-9-15(27)22-19(26)30/h4-10,12,14,16,18,28H,11H2,1-3H3,(H,23,31)(H,22,27,30)/t12-,14+,16+,18+,20+,36-/m0/s1. The van der Waals surface area contributed by atoms with Crippen molar-refractivity contribution >= 4 is 13.7 Å². The molecule has 194 valence electrons. The second kappa shape index (κ2) is 11.1. The molecule has 36 heavy (non-hydrogen) atoms. The number of hydrogen-bond donors (Lipinski definition) is 3. The minimum absolute atomic E-state index is 0.162. The highest BCUT2D eigenvalue weighted by atomic mass is 31.2. The van der Waals surface area contributed by atoms with Crippen molar-refractivity contribution in [3.8, 4) is 5.75 Å². The van der Waals surface area contributed by atoms with Crippen LogP contribution in [-0.2, 0) is 23.4 Å². The first-order valence-electron chi connectivity index (χ1n) is 10.6. The van der Waals surface area contributed by atoms with Crippen molar-refractivity contribution in [3.05, 3.63) is 73.9 Å². The number of carbonyl (C=O) groups excluding carboxylic acids is 1. The van der Waals surface area contributed by atoms with E-state index in [0.717, 1.165) is 23.9 Å². The predicted octanol–water partition coefficient (Wildman–Crippen LogP) is 1.22. The van der Waals surface area contributed by atoms with Gasteiger partial charge in [-0.15, -0.1) is 0 Å². The smallest absolute Gasteiger partial charge is 0.459 e. The van der Waals surface area contributed by atoms with E-state index >= 15 is 0 Å². The number of H-pyrrole nitrogens is 1. The lowest BCUT2D eigenvalue weighted by atomic mass is 9.93. The molecule has 15 nitrogen and oxygen atoms in total. The van der Waals surface area contributed by atoms with E-state index in [2.05, 4.69) is 24.8 Å². The van der Waals surface area contributed by atoms with E-state index in [1.54, 1.807) is 18.2 Å². The van der Waals surface area contributed by atoms with Crippen LogP contribution in [-0.4, -0.2) is 58.1 Å². The van der Waals surface area contributed by atoms with Gasteiger partial charge in [-0.05, 0) is 31.5 Å². The van der Waals surface area contributed by atoms with Gasteiger partial charge in [0, 0.05) is 17.2 Å². The van der Waals surface area contributed by atoms with Crippen molar-refractivity contribution < 1.29 is 33.0 Å². The summed E-state index contributed by atoms with van der Waals surface area (Å²) in [6.45, 7) is 2.16. The van der Waals surface area contributed by atoms with E-state index in [4.69, 9.17) is 19.3 Å². The van der Waals surface area contributed by atoms with Crippen molar-refractivity contribution in [1.29, 1.82) is 0 Å². The first-order valence-corrected chi connectivity index (χ1v) is 12.1. The van der Waals surface area contributed by atoms with Crippen molar-refractivity contribution in [2.45, 2.75) is 43.9 Å². The van der Waals surface area contributed by atoms with E-state index in [1.807, 2.05) is 0 Å². The van der Waals surface area contributed by atoms with Crippen LogP contribution in [0.2, 0.25) is 0 Å². The molecule has 2 heterocycles. The average molecular weight is 524 g/mol. The Morgan fingerprint density at radius 2 is 2.08 bits per heavy atom. The minimum atomic E-state index is -4.27. The van der Waals surface area contributed by atoms with Crippen LogP contribution in [0.15, 0.2) is 57.3 Å². The zero-order valence-corrected chi connectivity index (χ0v) is 20.4. The number of aromatic amines is 1. The molecule has 0 spiro atoms. The molecule has 1 aromatic heterocycles. The third kappa shape index (κ3) is 5.85. The van der Waals surface area contributed by atoms with Gasteiger partial charge in [0.15, 0.2) is 6.23 Å². The number of aliphatic hydroxyl groups excluding tert-OH is 1. The highest BCUT2D eigenvalue weighted by molar-refractivity contribution is 7.52. The van der Waals surface area contributed by atoms with E-state index in [0.29, 0.717) is 0 Å². The van der Waals surface area contributed by atoms with Gasteiger partial charge in [0.2, 0.25) is 0 Å². The number of para-hydroxylation sites is 1. The molecule has 1 fully saturated rings. The van der Waals surface area contributed by atoms with Crippen molar-refractivity contribution in [3.63, 3.8) is 0 Å². The molecule has 1 aromatic carbocycles. The fraction of sp³-hybridized carbons (Fsp3) is 0.450. The normalized spacial score (nSPS) is 25.8. The molecule has 6 atom stereocenters. The average Bonchev–Trinajstić information content (AvgIpc) is 3.08. The van der Waals surface area contributed by atoms with Crippen molar-refractivity contribution in [1.82, 2.24) is 14.6 Å². The number of aliphatic hydroxyl groups is 1. The molecule has 3 rings (SSSR count). The molecule has 0 unspecified atom stereocenters. The summed E-state index contributed by atoms with van der Waals surface area (Å²) in [5, 5.41) is 17.0. The van der Waals surface area contributed by atoms with Crippen LogP contribution in [0.5, 0.6) is 5.75 Å². The Labute approximate surface area is 204 Å². The number of methoxy groups -OCH3 is 1. The number of ether oxygens (including phenoxy) is 2. The maximum absolute atomic E-state index is 13.5. The van der Waals surface area contributed by atoms with Gasteiger partial charge in [-0.2, -0.15) is 5.09 Å². The number of nitrogens with zero attached hydrogens (tertiary/aromatic N) is 4. The minimum Gasteiger partial charge on any atom is -0.468 e. The number of rotatable bonds is 10. The fourth-order valence-electron chi connectivity index (χ4n) is 3.54. The molecule has 0 amide bonds. The van der Waals surface area contributed by atoms with Gasteiger partial charge >= 0.3 is 19.4 Å². The van der Waals surface area contributed by atoms with Crippen LogP contribution in [0.25, 0.3) is 10.4 Å². The van der Waals surface area contributed by atoms with Gasteiger partial charge in [0.05, 0.1) is 19.8 Å². The Bertz CT molecular complexity index is 1290. The quantitative estimate of drug-likeness (QED) is 0.133. The van der Waals surface area contributed by atoms with Gasteiger partial charge in [-0.3, -0.25) is 23.7 Å². The van der Waals surface area contributed by atoms with E-state index in [-0.39, 0.29) is 5.75 Å². The predicted molar refractivity (Wildman–Crippen MR) is 124 cm³/mol. The molecule has 3 N–H and O–H groups in total. The Balaban J connectivity index is 1.88. The van der Waals surface area contributed by atoms with E-state index < -0.39 is 61.6 Å². The number of esters is 1. The van der Waals surface area contributed by atoms with Crippen LogP contribution in [0.1, 0.15) is 20.1 Å². The maximum atomic E-state index is 13.5. The number of hydrogen-bond acceptors (Lipinski definition) is 10. The number of benzene rings is 1. The van der Waals surface area contributed by atoms with Gasteiger partial charge in [0.1, 0.15) is 23.4 Å². The summed E-state index contributed by atoms with van der Waals surface area (Å²) in [7, 11) is -3.11.